The van der Waals surface area contributed by atoms with Crippen LogP contribution >= 0.6 is 37.9 Å². The maximum atomic E-state index is 10.1. The van der Waals surface area contributed by atoms with Crippen LogP contribution in [0, 0.1) is 0 Å². The van der Waals surface area contributed by atoms with Crippen molar-refractivity contribution >= 4 is 43.9 Å². The molecule has 0 spiro atoms. The van der Waals surface area contributed by atoms with Gasteiger partial charge in [0.1, 0.15) is 3.41 Å². The number of carbonyl (C=O) groups is 1. The van der Waals surface area contributed by atoms with Gasteiger partial charge in [-0.15, -0.1) is 37.9 Å². The molecule has 0 aliphatic carbocycles. The molecule has 0 fully saturated rings. The molecule has 0 heterocycles. The standard InChI is InChI=1S/C4H6O2S3/c1-2(3(5)6)4(7,8)9/h7-9H,1H2,(H,5,6). The molecule has 0 bridgehead atoms. The van der Waals surface area contributed by atoms with Gasteiger partial charge in [-0.2, -0.15) is 0 Å². The summed E-state index contributed by atoms with van der Waals surface area (Å²) in [6.45, 7) is 3.20. The highest BCUT2D eigenvalue weighted by Gasteiger charge is 2.23. The monoisotopic (exact) mass is 182 g/mol. The quantitative estimate of drug-likeness (QED) is 0.293. The Kier molecular flexibility index (Phi) is 2.98. The molecule has 0 amide bonds. The predicted octanol–water partition coefficient (Wildman–Crippen LogP) is 1.07. The molecule has 9 heavy (non-hydrogen) atoms. The zero-order chi connectivity index (χ0) is 7.65. The summed E-state index contributed by atoms with van der Waals surface area (Å²) in [5.74, 6) is -1.14. The number of rotatable bonds is 2. The lowest BCUT2D eigenvalue weighted by atomic mass is 10.3. The van der Waals surface area contributed by atoms with Crippen molar-refractivity contribution in [2.24, 2.45) is 0 Å². The highest BCUT2D eigenvalue weighted by molar-refractivity contribution is 8.17. The second kappa shape index (κ2) is 2.90. The van der Waals surface area contributed by atoms with E-state index in [-0.39, 0.29) is 5.57 Å². The number of hydrogen-bond acceptors (Lipinski definition) is 4. The molecule has 0 saturated carbocycles. The van der Waals surface area contributed by atoms with E-state index in [4.69, 9.17) is 5.11 Å². The van der Waals surface area contributed by atoms with E-state index in [1.807, 2.05) is 0 Å². The summed E-state index contributed by atoms with van der Waals surface area (Å²) in [5, 5.41) is 8.27. The molecule has 0 aromatic carbocycles. The molecule has 52 valence electrons. The third-order valence-electron chi connectivity index (χ3n) is 0.663. The fourth-order valence-electron chi connectivity index (χ4n) is 0.143. The van der Waals surface area contributed by atoms with E-state index < -0.39 is 9.38 Å². The summed E-state index contributed by atoms with van der Waals surface area (Å²) in [6, 6.07) is 0. The van der Waals surface area contributed by atoms with Crippen molar-refractivity contribution in [1.29, 1.82) is 0 Å². The Hall–Kier alpha value is 0.260. The van der Waals surface area contributed by atoms with Gasteiger partial charge in [-0.05, 0) is 0 Å². The van der Waals surface area contributed by atoms with Crippen LogP contribution in [0.3, 0.4) is 0 Å². The first-order valence-electron chi connectivity index (χ1n) is 1.95. The maximum absolute atomic E-state index is 10.1. The highest BCUT2D eigenvalue weighted by atomic mass is 32.2. The molecule has 2 nitrogen and oxygen atoms in total. The number of hydrogen-bond donors (Lipinski definition) is 4. The van der Waals surface area contributed by atoms with Crippen molar-refractivity contribution in [1.82, 2.24) is 0 Å². The number of carboxylic acids is 1. The van der Waals surface area contributed by atoms with Gasteiger partial charge in [-0.25, -0.2) is 4.79 Å². The van der Waals surface area contributed by atoms with Crippen LogP contribution in [0.1, 0.15) is 0 Å². The first-order valence-corrected chi connectivity index (χ1v) is 3.29. The molecule has 0 rings (SSSR count). The highest BCUT2D eigenvalue weighted by Crippen LogP contribution is 2.31. The first-order chi connectivity index (χ1) is 3.85. The minimum atomic E-state index is -1.23. The molecule has 1 N–H and O–H groups in total. The normalized spacial score (nSPS) is 11.0. The number of aliphatic carboxylic acids is 1. The van der Waals surface area contributed by atoms with Gasteiger partial charge in [-0.1, -0.05) is 6.58 Å². The fourth-order valence-corrected chi connectivity index (χ4v) is 0.430. The van der Waals surface area contributed by atoms with Gasteiger partial charge in [0.15, 0.2) is 0 Å². The van der Waals surface area contributed by atoms with Crippen molar-refractivity contribution in [2.45, 2.75) is 3.41 Å². The second-order valence-electron chi connectivity index (χ2n) is 1.42. The lowest BCUT2D eigenvalue weighted by Crippen LogP contribution is -2.14. The summed E-state index contributed by atoms with van der Waals surface area (Å²) < 4.78 is -1.23. The SMILES string of the molecule is C=C(C(=O)O)C(S)(S)S. The zero-order valence-electron chi connectivity index (χ0n) is 4.40. The molecule has 5 heteroatoms. The summed E-state index contributed by atoms with van der Waals surface area (Å²) in [7, 11) is 0. The Bertz CT molecular complexity index is 146. The third-order valence-corrected chi connectivity index (χ3v) is 1.47. The lowest BCUT2D eigenvalue weighted by molar-refractivity contribution is -0.132. The van der Waals surface area contributed by atoms with Gasteiger partial charge in [0, 0.05) is 0 Å². The van der Waals surface area contributed by atoms with Gasteiger partial charge < -0.3 is 5.11 Å². The average Bonchev–Trinajstić information content (AvgIpc) is 1.62. The van der Waals surface area contributed by atoms with Gasteiger partial charge in [-0.3, -0.25) is 0 Å². The Labute approximate surface area is 69.6 Å². The smallest absolute Gasteiger partial charge is 0.334 e. The van der Waals surface area contributed by atoms with E-state index in [0.717, 1.165) is 0 Å². The van der Waals surface area contributed by atoms with Crippen molar-refractivity contribution in [3.8, 4) is 0 Å². The van der Waals surface area contributed by atoms with Crippen LogP contribution in [-0.4, -0.2) is 14.5 Å². The zero-order valence-corrected chi connectivity index (χ0v) is 7.09. The summed E-state index contributed by atoms with van der Waals surface area (Å²) in [6.07, 6.45) is 0. The average molecular weight is 182 g/mol. The second-order valence-corrected chi connectivity index (χ2v) is 4.49. The summed E-state index contributed by atoms with van der Waals surface area (Å²) in [4.78, 5) is 10.1. The maximum Gasteiger partial charge on any atom is 0.334 e. The van der Waals surface area contributed by atoms with E-state index in [1.54, 1.807) is 0 Å². The van der Waals surface area contributed by atoms with E-state index in [9.17, 15) is 4.79 Å². The van der Waals surface area contributed by atoms with Crippen LogP contribution in [0.15, 0.2) is 12.2 Å². The Morgan fingerprint density at radius 3 is 1.78 bits per heavy atom. The van der Waals surface area contributed by atoms with E-state index in [2.05, 4.69) is 44.5 Å². The van der Waals surface area contributed by atoms with Gasteiger partial charge >= 0.3 is 5.97 Å². The van der Waals surface area contributed by atoms with Crippen molar-refractivity contribution in [2.75, 3.05) is 0 Å². The molecule has 0 unspecified atom stereocenters. The van der Waals surface area contributed by atoms with Crippen LogP contribution in [-0.2, 0) is 4.79 Å². The molecule has 0 aliphatic heterocycles. The minimum Gasteiger partial charge on any atom is -0.478 e. The van der Waals surface area contributed by atoms with Crippen molar-refractivity contribution in [3.63, 3.8) is 0 Å². The van der Waals surface area contributed by atoms with E-state index in [0.29, 0.717) is 0 Å². The molecule has 0 aromatic heterocycles. The third kappa shape index (κ3) is 3.07. The van der Waals surface area contributed by atoms with Crippen LogP contribution < -0.4 is 0 Å². The van der Waals surface area contributed by atoms with Gasteiger partial charge in [0.05, 0.1) is 5.57 Å². The van der Waals surface area contributed by atoms with Crippen LogP contribution in [0.4, 0.5) is 0 Å². The molecular weight excluding hydrogens is 176 g/mol. The molecule has 0 saturated heterocycles. The van der Waals surface area contributed by atoms with E-state index >= 15 is 0 Å². The lowest BCUT2D eigenvalue weighted by Gasteiger charge is -2.13. The van der Waals surface area contributed by atoms with Crippen molar-refractivity contribution < 1.29 is 9.90 Å². The molecule has 0 radical (unpaired) electrons. The molecular formula is C4H6O2S3. The topological polar surface area (TPSA) is 37.3 Å². The molecule has 0 aliphatic rings. The van der Waals surface area contributed by atoms with Gasteiger partial charge in [0.25, 0.3) is 0 Å². The van der Waals surface area contributed by atoms with Gasteiger partial charge in [0.2, 0.25) is 0 Å². The Morgan fingerprint density at radius 1 is 1.44 bits per heavy atom. The number of carboxylic acid groups (broad SMARTS) is 1. The first kappa shape index (κ1) is 9.26. The molecule has 0 aromatic rings. The summed E-state index contributed by atoms with van der Waals surface area (Å²) >= 11 is 11.2. The Morgan fingerprint density at radius 2 is 1.78 bits per heavy atom. The predicted molar refractivity (Wildman–Crippen MR) is 46.5 cm³/mol. The fraction of sp³-hybridized carbons (Fsp3) is 0.250. The molecule has 0 atom stereocenters. The van der Waals surface area contributed by atoms with Crippen molar-refractivity contribution in [3.05, 3.63) is 12.2 Å². The van der Waals surface area contributed by atoms with Crippen LogP contribution in [0.5, 0.6) is 0 Å². The Balaban J connectivity index is 4.23. The minimum absolute atomic E-state index is 0.155. The summed E-state index contributed by atoms with van der Waals surface area (Å²) in [5.41, 5.74) is -0.155. The number of thiol groups is 3. The van der Waals surface area contributed by atoms with Crippen LogP contribution in [0.25, 0.3) is 0 Å². The largest absolute Gasteiger partial charge is 0.478 e. The van der Waals surface area contributed by atoms with Crippen LogP contribution in [0.2, 0.25) is 0 Å². The van der Waals surface area contributed by atoms with E-state index in [1.165, 1.54) is 0 Å².